The summed E-state index contributed by atoms with van der Waals surface area (Å²) in [5.74, 6) is 6.07. The molecule has 3 N–H and O–H groups in total. The first-order valence-electron chi connectivity index (χ1n) is 5.58. The van der Waals surface area contributed by atoms with Crippen LogP contribution in [-0.4, -0.2) is 17.0 Å². The lowest BCUT2D eigenvalue weighted by molar-refractivity contribution is -0.386. The summed E-state index contributed by atoms with van der Waals surface area (Å²) in [4.78, 5) is 14.3. The Balaban J connectivity index is 2.43. The van der Waals surface area contributed by atoms with Gasteiger partial charge in [0.25, 0.3) is 0 Å². The van der Waals surface area contributed by atoms with E-state index in [1.54, 1.807) is 24.3 Å². The van der Waals surface area contributed by atoms with E-state index in [1.165, 1.54) is 19.2 Å². The monoisotopic (exact) mass is 276 g/mol. The van der Waals surface area contributed by atoms with Gasteiger partial charge in [0.15, 0.2) is 11.5 Å². The predicted octanol–water partition coefficient (Wildman–Crippen LogP) is 2.08. The van der Waals surface area contributed by atoms with Crippen LogP contribution in [0.1, 0.15) is 0 Å². The molecule has 1 aromatic carbocycles. The highest BCUT2D eigenvalue weighted by atomic mass is 16.6. The molecule has 0 bridgehead atoms. The molecule has 0 saturated carbocycles. The van der Waals surface area contributed by atoms with Gasteiger partial charge in [0.1, 0.15) is 5.82 Å². The van der Waals surface area contributed by atoms with Crippen LogP contribution in [0.15, 0.2) is 36.4 Å². The Morgan fingerprint density at radius 1 is 1.25 bits per heavy atom. The Bertz CT molecular complexity index is 633. The van der Waals surface area contributed by atoms with Crippen molar-refractivity contribution in [1.29, 1.82) is 0 Å². The molecule has 8 heteroatoms. The molecule has 0 spiro atoms. The van der Waals surface area contributed by atoms with E-state index in [-0.39, 0.29) is 17.4 Å². The van der Waals surface area contributed by atoms with E-state index in [4.69, 9.17) is 15.3 Å². The van der Waals surface area contributed by atoms with Crippen LogP contribution in [0.3, 0.4) is 0 Å². The quantitative estimate of drug-likeness (QED) is 0.488. The van der Waals surface area contributed by atoms with Crippen molar-refractivity contribution in [2.75, 3.05) is 12.5 Å². The van der Waals surface area contributed by atoms with Crippen LogP contribution in [-0.2, 0) is 0 Å². The van der Waals surface area contributed by atoms with Crippen molar-refractivity contribution in [2.24, 2.45) is 5.84 Å². The Hall–Kier alpha value is -2.87. The van der Waals surface area contributed by atoms with Crippen molar-refractivity contribution in [3.63, 3.8) is 0 Å². The van der Waals surface area contributed by atoms with Gasteiger partial charge in [-0.2, -0.15) is 4.98 Å². The number of pyridine rings is 1. The van der Waals surface area contributed by atoms with Crippen LogP contribution in [0.25, 0.3) is 0 Å². The van der Waals surface area contributed by atoms with Crippen LogP contribution >= 0.6 is 0 Å². The van der Waals surface area contributed by atoms with E-state index in [2.05, 4.69) is 10.4 Å². The van der Waals surface area contributed by atoms with E-state index in [1.807, 2.05) is 0 Å². The number of nitrogens with two attached hydrogens (primary N) is 1. The Morgan fingerprint density at radius 2 is 1.95 bits per heavy atom. The number of methoxy groups -OCH3 is 1. The number of aromatic nitrogens is 1. The molecule has 2 aromatic rings. The predicted molar refractivity (Wildman–Crippen MR) is 71.8 cm³/mol. The summed E-state index contributed by atoms with van der Waals surface area (Å²) in [6, 6.07) is 9.40. The molecule has 20 heavy (non-hydrogen) atoms. The van der Waals surface area contributed by atoms with Crippen molar-refractivity contribution >= 4 is 11.5 Å². The fraction of sp³-hybridized carbons (Fsp3) is 0.0833. The number of anilines is 1. The Kier molecular flexibility index (Phi) is 3.96. The summed E-state index contributed by atoms with van der Waals surface area (Å²) in [7, 11) is 1.47. The summed E-state index contributed by atoms with van der Waals surface area (Å²) in [6.07, 6.45) is 0. The number of ether oxygens (including phenoxy) is 2. The molecule has 0 amide bonds. The fourth-order valence-electron chi connectivity index (χ4n) is 1.53. The molecule has 0 unspecified atom stereocenters. The molecule has 0 atom stereocenters. The molecule has 0 saturated heterocycles. The zero-order chi connectivity index (χ0) is 14.5. The minimum absolute atomic E-state index is 0.171. The lowest BCUT2D eigenvalue weighted by Crippen LogP contribution is -2.09. The lowest BCUT2D eigenvalue weighted by atomic mass is 10.3. The van der Waals surface area contributed by atoms with Crippen LogP contribution in [0, 0.1) is 10.1 Å². The summed E-state index contributed by atoms with van der Waals surface area (Å²) >= 11 is 0. The number of benzene rings is 1. The molecule has 0 radical (unpaired) electrons. The number of nitrogens with zero attached hydrogens (tertiary/aromatic N) is 2. The van der Waals surface area contributed by atoms with Crippen molar-refractivity contribution in [3.8, 4) is 17.4 Å². The standard InChI is InChI=1S/C12H12N4O4/c1-19-9-4-2-3-5-10(9)20-12-8(16(17)18)6-7-11(14-12)15-13/h2-7H,13H2,1H3,(H,14,15). The van der Waals surface area contributed by atoms with Gasteiger partial charge < -0.3 is 14.9 Å². The lowest BCUT2D eigenvalue weighted by Gasteiger charge is -2.10. The molecule has 1 aromatic heterocycles. The number of hydrogen-bond donors (Lipinski definition) is 2. The summed E-state index contributed by atoms with van der Waals surface area (Å²) in [5, 5.41) is 11.0. The fourth-order valence-corrected chi connectivity index (χ4v) is 1.53. The average molecular weight is 276 g/mol. The molecule has 0 aliphatic carbocycles. The second kappa shape index (κ2) is 5.85. The highest BCUT2D eigenvalue weighted by molar-refractivity contribution is 5.51. The van der Waals surface area contributed by atoms with E-state index < -0.39 is 4.92 Å². The van der Waals surface area contributed by atoms with Crippen molar-refractivity contribution in [3.05, 3.63) is 46.5 Å². The first-order valence-corrected chi connectivity index (χ1v) is 5.58. The summed E-state index contributed by atoms with van der Waals surface area (Å²) < 4.78 is 10.6. The summed E-state index contributed by atoms with van der Waals surface area (Å²) in [5.41, 5.74) is 2.03. The number of para-hydroxylation sites is 2. The van der Waals surface area contributed by atoms with Gasteiger partial charge in [-0.25, -0.2) is 5.84 Å². The zero-order valence-electron chi connectivity index (χ0n) is 10.6. The zero-order valence-corrected chi connectivity index (χ0v) is 10.6. The molecule has 8 nitrogen and oxygen atoms in total. The van der Waals surface area contributed by atoms with Crippen molar-refractivity contribution in [1.82, 2.24) is 4.98 Å². The first kappa shape index (κ1) is 13.6. The minimum Gasteiger partial charge on any atom is -0.493 e. The van der Waals surface area contributed by atoms with E-state index in [0.29, 0.717) is 11.5 Å². The van der Waals surface area contributed by atoms with Crippen molar-refractivity contribution in [2.45, 2.75) is 0 Å². The topological polar surface area (TPSA) is 113 Å². The SMILES string of the molecule is COc1ccccc1Oc1nc(NN)ccc1[N+](=O)[O-]. The third-order valence-corrected chi connectivity index (χ3v) is 2.46. The van der Waals surface area contributed by atoms with E-state index >= 15 is 0 Å². The molecule has 2 rings (SSSR count). The number of nitrogen functional groups attached to an aromatic ring is 1. The maximum Gasteiger partial charge on any atom is 0.331 e. The van der Waals surface area contributed by atoms with Gasteiger partial charge in [0, 0.05) is 6.07 Å². The normalized spacial score (nSPS) is 9.90. The maximum absolute atomic E-state index is 11.0. The average Bonchev–Trinajstić information content (AvgIpc) is 2.47. The number of nitro groups is 1. The molecule has 104 valence electrons. The van der Waals surface area contributed by atoms with Gasteiger partial charge >= 0.3 is 11.6 Å². The highest BCUT2D eigenvalue weighted by Gasteiger charge is 2.19. The Labute approximate surface area is 114 Å². The third kappa shape index (κ3) is 2.75. The highest BCUT2D eigenvalue weighted by Crippen LogP contribution is 2.35. The first-order chi connectivity index (χ1) is 9.65. The van der Waals surface area contributed by atoms with Gasteiger partial charge in [-0.15, -0.1) is 0 Å². The number of hydrazine groups is 1. The van der Waals surface area contributed by atoms with Gasteiger partial charge in [-0.05, 0) is 18.2 Å². The van der Waals surface area contributed by atoms with Crippen LogP contribution in [0.5, 0.6) is 17.4 Å². The van der Waals surface area contributed by atoms with E-state index in [0.717, 1.165) is 0 Å². The van der Waals surface area contributed by atoms with Gasteiger partial charge in [0.2, 0.25) is 0 Å². The van der Waals surface area contributed by atoms with Crippen LogP contribution in [0.2, 0.25) is 0 Å². The minimum atomic E-state index is -0.585. The number of rotatable bonds is 5. The van der Waals surface area contributed by atoms with Crippen LogP contribution in [0.4, 0.5) is 11.5 Å². The number of hydrogen-bond acceptors (Lipinski definition) is 7. The second-order valence-corrected chi connectivity index (χ2v) is 3.68. The molecular formula is C12H12N4O4. The number of nitrogens with one attached hydrogen (secondary N) is 1. The van der Waals surface area contributed by atoms with Gasteiger partial charge in [-0.1, -0.05) is 12.1 Å². The smallest absolute Gasteiger partial charge is 0.331 e. The molecule has 1 heterocycles. The third-order valence-electron chi connectivity index (χ3n) is 2.46. The largest absolute Gasteiger partial charge is 0.493 e. The molecule has 0 aliphatic heterocycles. The van der Waals surface area contributed by atoms with Gasteiger partial charge in [-0.3, -0.25) is 10.1 Å². The summed E-state index contributed by atoms with van der Waals surface area (Å²) in [6.45, 7) is 0. The molecule has 0 aliphatic rings. The van der Waals surface area contributed by atoms with E-state index in [9.17, 15) is 10.1 Å². The maximum atomic E-state index is 11.0. The molecule has 0 fully saturated rings. The van der Waals surface area contributed by atoms with Gasteiger partial charge in [0.05, 0.1) is 12.0 Å². The van der Waals surface area contributed by atoms with Crippen molar-refractivity contribution < 1.29 is 14.4 Å². The second-order valence-electron chi connectivity index (χ2n) is 3.68. The Morgan fingerprint density at radius 3 is 2.55 bits per heavy atom. The molecular weight excluding hydrogens is 264 g/mol. The van der Waals surface area contributed by atoms with Crippen LogP contribution < -0.4 is 20.7 Å².